The van der Waals surface area contributed by atoms with Gasteiger partial charge in [-0.1, -0.05) is 27.7 Å². The first-order chi connectivity index (χ1) is 5.49. The van der Waals surface area contributed by atoms with Crippen LogP contribution in [0.3, 0.4) is 0 Å². The maximum Gasteiger partial charge on any atom is 0.173 e. The average molecular weight is 172 g/mol. The summed E-state index contributed by atoms with van der Waals surface area (Å²) in [6, 6.07) is 0. The van der Waals surface area contributed by atoms with Crippen molar-refractivity contribution in [2.24, 2.45) is 11.8 Å². The second-order valence-corrected chi connectivity index (χ2v) is 4.27. The molecule has 1 rings (SSSR count). The molecule has 1 saturated heterocycles. The van der Waals surface area contributed by atoms with Crippen LogP contribution in [-0.2, 0) is 9.47 Å². The minimum absolute atomic E-state index is 0.245. The van der Waals surface area contributed by atoms with Gasteiger partial charge in [-0.15, -0.1) is 0 Å². The molecule has 1 aliphatic rings. The first-order valence-electron chi connectivity index (χ1n) is 4.80. The molecule has 0 unspecified atom stereocenters. The summed E-state index contributed by atoms with van der Waals surface area (Å²) in [5, 5.41) is 0. The highest BCUT2D eigenvalue weighted by atomic mass is 16.7. The van der Waals surface area contributed by atoms with Crippen molar-refractivity contribution in [3.05, 3.63) is 0 Å². The summed E-state index contributed by atoms with van der Waals surface area (Å²) in [5.41, 5.74) is 0. The second kappa shape index (κ2) is 3.35. The Kier molecular flexibility index (Phi) is 2.79. The summed E-state index contributed by atoms with van der Waals surface area (Å²) in [4.78, 5) is 0. The summed E-state index contributed by atoms with van der Waals surface area (Å²) >= 11 is 0. The van der Waals surface area contributed by atoms with Gasteiger partial charge < -0.3 is 9.47 Å². The van der Waals surface area contributed by atoms with Gasteiger partial charge in [0.25, 0.3) is 0 Å². The predicted octanol–water partition coefficient (Wildman–Crippen LogP) is 2.43. The minimum atomic E-state index is -0.334. The maximum atomic E-state index is 5.85. The molecule has 0 saturated carbocycles. The summed E-state index contributed by atoms with van der Waals surface area (Å²) in [7, 11) is 0. The summed E-state index contributed by atoms with van der Waals surface area (Å²) in [6.07, 6.45) is 0.245. The standard InChI is InChI=1S/C10H20O2/c1-7(2)10(8(3)4)11-6-9(5)12-10/h7-9H,6H2,1-5H3/t9-/m1/s1. The molecule has 0 aliphatic carbocycles. The first-order valence-corrected chi connectivity index (χ1v) is 4.80. The third kappa shape index (κ3) is 1.50. The molecule has 0 amide bonds. The third-order valence-electron chi connectivity index (χ3n) is 2.54. The number of hydrogen-bond acceptors (Lipinski definition) is 2. The lowest BCUT2D eigenvalue weighted by Gasteiger charge is -2.35. The van der Waals surface area contributed by atoms with E-state index in [0.717, 1.165) is 6.61 Å². The molecule has 1 atom stereocenters. The van der Waals surface area contributed by atoms with Crippen LogP contribution in [0.4, 0.5) is 0 Å². The molecular formula is C10H20O2. The van der Waals surface area contributed by atoms with Crippen LogP contribution in [-0.4, -0.2) is 18.5 Å². The molecule has 1 heterocycles. The van der Waals surface area contributed by atoms with E-state index in [4.69, 9.17) is 9.47 Å². The van der Waals surface area contributed by atoms with Gasteiger partial charge in [-0.2, -0.15) is 0 Å². The van der Waals surface area contributed by atoms with Crippen LogP contribution >= 0.6 is 0 Å². The fourth-order valence-electron chi connectivity index (χ4n) is 1.90. The predicted molar refractivity (Wildman–Crippen MR) is 48.9 cm³/mol. The van der Waals surface area contributed by atoms with Crippen LogP contribution in [0.15, 0.2) is 0 Å². The van der Waals surface area contributed by atoms with E-state index in [1.807, 2.05) is 0 Å². The molecule has 0 bridgehead atoms. The van der Waals surface area contributed by atoms with Crippen LogP contribution < -0.4 is 0 Å². The number of ether oxygens (including phenoxy) is 2. The Morgan fingerprint density at radius 1 is 1.17 bits per heavy atom. The van der Waals surface area contributed by atoms with Gasteiger partial charge in [0.15, 0.2) is 5.79 Å². The van der Waals surface area contributed by atoms with Gasteiger partial charge in [-0.05, 0) is 6.92 Å². The van der Waals surface area contributed by atoms with Gasteiger partial charge >= 0.3 is 0 Å². The largest absolute Gasteiger partial charge is 0.347 e. The molecule has 72 valence electrons. The van der Waals surface area contributed by atoms with E-state index in [1.165, 1.54) is 0 Å². The van der Waals surface area contributed by atoms with Crippen molar-refractivity contribution in [2.45, 2.75) is 46.5 Å². The Morgan fingerprint density at radius 2 is 1.67 bits per heavy atom. The maximum absolute atomic E-state index is 5.85. The molecule has 2 heteroatoms. The van der Waals surface area contributed by atoms with Gasteiger partial charge in [0, 0.05) is 11.8 Å². The SMILES string of the molecule is CC(C)C1(C(C)C)OC[C@@H](C)O1. The molecule has 0 aromatic heterocycles. The van der Waals surface area contributed by atoms with E-state index in [9.17, 15) is 0 Å². The zero-order valence-corrected chi connectivity index (χ0v) is 8.76. The lowest BCUT2D eigenvalue weighted by Crippen LogP contribution is -2.42. The Bertz CT molecular complexity index is 144. The molecule has 0 aromatic rings. The van der Waals surface area contributed by atoms with Crippen molar-refractivity contribution in [2.75, 3.05) is 6.61 Å². The van der Waals surface area contributed by atoms with E-state index >= 15 is 0 Å². The van der Waals surface area contributed by atoms with Gasteiger partial charge in [0.1, 0.15) is 0 Å². The summed E-state index contributed by atoms with van der Waals surface area (Å²) < 4.78 is 11.6. The van der Waals surface area contributed by atoms with Gasteiger partial charge in [0.05, 0.1) is 12.7 Å². The van der Waals surface area contributed by atoms with E-state index in [-0.39, 0.29) is 11.9 Å². The average Bonchev–Trinajstić information content (AvgIpc) is 2.32. The highest BCUT2D eigenvalue weighted by Crippen LogP contribution is 2.37. The van der Waals surface area contributed by atoms with E-state index in [2.05, 4.69) is 34.6 Å². The van der Waals surface area contributed by atoms with Crippen molar-refractivity contribution < 1.29 is 9.47 Å². The van der Waals surface area contributed by atoms with Crippen LogP contribution in [0, 0.1) is 11.8 Å². The van der Waals surface area contributed by atoms with Crippen molar-refractivity contribution in [3.63, 3.8) is 0 Å². The topological polar surface area (TPSA) is 18.5 Å². The van der Waals surface area contributed by atoms with Gasteiger partial charge in [0.2, 0.25) is 0 Å². The van der Waals surface area contributed by atoms with E-state index in [0.29, 0.717) is 11.8 Å². The zero-order chi connectivity index (χ0) is 9.35. The first kappa shape index (κ1) is 10.0. The second-order valence-electron chi connectivity index (χ2n) is 4.27. The van der Waals surface area contributed by atoms with Crippen molar-refractivity contribution >= 4 is 0 Å². The van der Waals surface area contributed by atoms with Crippen LogP contribution in [0.1, 0.15) is 34.6 Å². The molecule has 0 radical (unpaired) electrons. The highest BCUT2D eigenvalue weighted by molar-refractivity contribution is 4.83. The third-order valence-corrected chi connectivity index (χ3v) is 2.54. The van der Waals surface area contributed by atoms with Crippen LogP contribution in [0.25, 0.3) is 0 Å². The number of hydrogen-bond donors (Lipinski definition) is 0. The fraction of sp³-hybridized carbons (Fsp3) is 1.00. The molecule has 0 N–H and O–H groups in total. The van der Waals surface area contributed by atoms with Crippen LogP contribution in [0.5, 0.6) is 0 Å². The Hall–Kier alpha value is -0.0800. The Labute approximate surface area is 75.2 Å². The lowest BCUT2D eigenvalue weighted by molar-refractivity contribution is -0.224. The van der Waals surface area contributed by atoms with Crippen molar-refractivity contribution in [1.82, 2.24) is 0 Å². The molecule has 12 heavy (non-hydrogen) atoms. The van der Waals surface area contributed by atoms with E-state index < -0.39 is 0 Å². The Morgan fingerprint density at radius 3 is 1.83 bits per heavy atom. The van der Waals surface area contributed by atoms with Gasteiger partial charge in [-0.25, -0.2) is 0 Å². The smallest absolute Gasteiger partial charge is 0.173 e. The highest BCUT2D eigenvalue weighted by Gasteiger charge is 2.45. The lowest BCUT2D eigenvalue weighted by atomic mass is 9.91. The molecule has 1 fully saturated rings. The van der Waals surface area contributed by atoms with Crippen LogP contribution in [0.2, 0.25) is 0 Å². The van der Waals surface area contributed by atoms with Crippen molar-refractivity contribution in [3.8, 4) is 0 Å². The molecular weight excluding hydrogens is 152 g/mol. The summed E-state index contributed by atoms with van der Waals surface area (Å²) in [5.74, 6) is 0.504. The fourth-order valence-corrected chi connectivity index (χ4v) is 1.90. The molecule has 0 spiro atoms. The van der Waals surface area contributed by atoms with Crippen molar-refractivity contribution in [1.29, 1.82) is 0 Å². The summed E-state index contributed by atoms with van der Waals surface area (Å²) in [6.45, 7) is 11.4. The minimum Gasteiger partial charge on any atom is -0.347 e. The molecule has 2 nitrogen and oxygen atoms in total. The quantitative estimate of drug-likeness (QED) is 0.637. The monoisotopic (exact) mass is 172 g/mol. The zero-order valence-electron chi connectivity index (χ0n) is 8.76. The molecule has 1 aliphatic heterocycles. The van der Waals surface area contributed by atoms with Gasteiger partial charge in [-0.3, -0.25) is 0 Å². The number of rotatable bonds is 2. The Balaban J connectivity index is 2.75. The normalized spacial score (nSPS) is 28.8. The van der Waals surface area contributed by atoms with E-state index in [1.54, 1.807) is 0 Å². The molecule has 0 aromatic carbocycles.